The third kappa shape index (κ3) is 5.34. The van der Waals surface area contributed by atoms with E-state index < -0.39 is 0 Å². The highest BCUT2D eigenvalue weighted by Gasteiger charge is 2.23. The van der Waals surface area contributed by atoms with Crippen LogP contribution >= 0.6 is 0 Å². The maximum absolute atomic E-state index is 3.57. The summed E-state index contributed by atoms with van der Waals surface area (Å²) in [4.78, 5) is 0. The minimum absolute atomic E-state index is 0.782. The van der Waals surface area contributed by atoms with Crippen LogP contribution in [0.5, 0.6) is 0 Å². The second-order valence-corrected chi connectivity index (χ2v) is 6.40. The van der Waals surface area contributed by atoms with Gasteiger partial charge in [0.15, 0.2) is 0 Å². The van der Waals surface area contributed by atoms with E-state index in [2.05, 4.69) is 33.0 Å². The molecule has 0 saturated heterocycles. The second kappa shape index (κ2) is 7.32. The Bertz CT molecular complexity index is 176. The van der Waals surface area contributed by atoms with Crippen LogP contribution in [0.15, 0.2) is 0 Å². The van der Waals surface area contributed by atoms with Crippen molar-refractivity contribution in [2.75, 3.05) is 13.1 Å². The van der Waals surface area contributed by atoms with Gasteiger partial charge in [-0.2, -0.15) is 0 Å². The molecule has 1 N–H and O–H groups in total. The molecule has 1 fully saturated rings. The van der Waals surface area contributed by atoms with Crippen molar-refractivity contribution in [3.05, 3.63) is 0 Å². The van der Waals surface area contributed by atoms with Gasteiger partial charge in [0.2, 0.25) is 0 Å². The molecule has 3 atom stereocenters. The highest BCUT2D eigenvalue weighted by molar-refractivity contribution is 4.75. The summed E-state index contributed by atoms with van der Waals surface area (Å²) in [6.45, 7) is 11.8. The molecule has 0 aromatic carbocycles. The maximum atomic E-state index is 3.57. The summed E-state index contributed by atoms with van der Waals surface area (Å²) >= 11 is 0. The number of hydrogen-bond acceptors (Lipinski definition) is 1. The average molecular weight is 225 g/mol. The van der Waals surface area contributed by atoms with Crippen LogP contribution in [0.25, 0.3) is 0 Å². The first-order valence-corrected chi connectivity index (χ1v) is 7.30. The Balaban J connectivity index is 2.11. The predicted molar refractivity (Wildman–Crippen MR) is 72.6 cm³/mol. The van der Waals surface area contributed by atoms with E-state index in [1.165, 1.54) is 45.2 Å². The van der Waals surface area contributed by atoms with Crippen molar-refractivity contribution in [3.8, 4) is 0 Å². The van der Waals surface area contributed by atoms with Crippen LogP contribution in [-0.4, -0.2) is 13.1 Å². The summed E-state index contributed by atoms with van der Waals surface area (Å²) in [5, 5.41) is 3.57. The largest absolute Gasteiger partial charge is 0.316 e. The fourth-order valence-corrected chi connectivity index (χ4v) is 2.95. The van der Waals surface area contributed by atoms with Gasteiger partial charge in [-0.25, -0.2) is 0 Å². The standard InChI is InChI=1S/C15H31N/c1-12(2)11-16-9-8-14(4)15-7-5-6-13(3)10-15/h12-16H,5-11H2,1-4H3. The Hall–Kier alpha value is -0.0400. The van der Waals surface area contributed by atoms with Crippen molar-refractivity contribution >= 4 is 0 Å². The summed E-state index contributed by atoms with van der Waals surface area (Å²) in [5.41, 5.74) is 0. The number of hydrogen-bond donors (Lipinski definition) is 1. The molecule has 3 unspecified atom stereocenters. The number of nitrogens with one attached hydrogen (secondary N) is 1. The highest BCUT2D eigenvalue weighted by atomic mass is 14.8. The van der Waals surface area contributed by atoms with Crippen molar-refractivity contribution in [2.45, 2.75) is 59.8 Å². The first-order valence-electron chi connectivity index (χ1n) is 7.30. The quantitative estimate of drug-likeness (QED) is 0.672. The third-order valence-corrected chi connectivity index (χ3v) is 4.11. The third-order valence-electron chi connectivity index (χ3n) is 4.11. The molecule has 1 rings (SSSR count). The van der Waals surface area contributed by atoms with Crippen molar-refractivity contribution in [3.63, 3.8) is 0 Å². The molecule has 1 nitrogen and oxygen atoms in total. The Kier molecular flexibility index (Phi) is 6.41. The lowest BCUT2D eigenvalue weighted by Crippen LogP contribution is -2.26. The number of rotatable bonds is 6. The van der Waals surface area contributed by atoms with Crippen LogP contribution in [0.2, 0.25) is 0 Å². The van der Waals surface area contributed by atoms with Crippen LogP contribution < -0.4 is 5.32 Å². The molecule has 0 heterocycles. The Morgan fingerprint density at radius 2 is 1.94 bits per heavy atom. The topological polar surface area (TPSA) is 12.0 Å². The van der Waals surface area contributed by atoms with Crippen LogP contribution in [0.3, 0.4) is 0 Å². The van der Waals surface area contributed by atoms with Gasteiger partial charge in [-0.3, -0.25) is 0 Å². The Morgan fingerprint density at radius 3 is 2.56 bits per heavy atom. The molecule has 0 spiro atoms. The van der Waals surface area contributed by atoms with E-state index in [4.69, 9.17) is 0 Å². The van der Waals surface area contributed by atoms with Crippen molar-refractivity contribution in [1.82, 2.24) is 5.32 Å². The zero-order valence-electron chi connectivity index (χ0n) is 11.8. The SMILES string of the molecule is CC(C)CNCCC(C)C1CCCC(C)C1. The zero-order valence-corrected chi connectivity index (χ0v) is 11.8. The maximum Gasteiger partial charge on any atom is -0.00258 e. The van der Waals surface area contributed by atoms with E-state index in [1.807, 2.05) is 0 Å². The van der Waals surface area contributed by atoms with Gasteiger partial charge in [0.05, 0.1) is 0 Å². The predicted octanol–water partition coefficient (Wildman–Crippen LogP) is 4.08. The lowest BCUT2D eigenvalue weighted by Gasteiger charge is -2.31. The molecule has 0 amide bonds. The van der Waals surface area contributed by atoms with Crippen LogP contribution in [0.1, 0.15) is 59.8 Å². The fourth-order valence-electron chi connectivity index (χ4n) is 2.95. The van der Waals surface area contributed by atoms with E-state index >= 15 is 0 Å². The highest BCUT2D eigenvalue weighted by Crippen LogP contribution is 2.34. The van der Waals surface area contributed by atoms with E-state index in [0.29, 0.717) is 0 Å². The van der Waals surface area contributed by atoms with Crippen LogP contribution in [0.4, 0.5) is 0 Å². The van der Waals surface area contributed by atoms with Crippen molar-refractivity contribution in [2.24, 2.45) is 23.7 Å². The molecule has 0 aromatic rings. The summed E-state index contributed by atoms with van der Waals surface area (Å²) in [6, 6.07) is 0. The molecule has 0 aromatic heterocycles. The molecule has 0 aliphatic heterocycles. The van der Waals surface area contributed by atoms with Gasteiger partial charge < -0.3 is 5.32 Å². The van der Waals surface area contributed by atoms with Crippen molar-refractivity contribution in [1.29, 1.82) is 0 Å². The van der Waals surface area contributed by atoms with E-state index in [1.54, 1.807) is 0 Å². The van der Waals surface area contributed by atoms with Gasteiger partial charge in [0.25, 0.3) is 0 Å². The van der Waals surface area contributed by atoms with Gasteiger partial charge in [0, 0.05) is 0 Å². The van der Waals surface area contributed by atoms with Gasteiger partial charge in [-0.15, -0.1) is 0 Å². The van der Waals surface area contributed by atoms with Gasteiger partial charge in [0.1, 0.15) is 0 Å². The first kappa shape index (κ1) is 14.0. The molecule has 1 aliphatic rings. The summed E-state index contributed by atoms with van der Waals surface area (Å²) < 4.78 is 0. The zero-order chi connectivity index (χ0) is 12.0. The fraction of sp³-hybridized carbons (Fsp3) is 1.00. The van der Waals surface area contributed by atoms with Crippen LogP contribution in [0, 0.1) is 23.7 Å². The minimum atomic E-state index is 0.782. The minimum Gasteiger partial charge on any atom is -0.316 e. The molecule has 0 bridgehead atoms. The molecule has 96 valence electrons. The molecular formula is C15H31N. The first-order chi connectivity index (χ1) is 7.59. The lowest BCUT2D eigenvalue weighted by atomic mass is 9.75. The molecule has 1 saturated carbocycles. The molecule has 0 radical (unpaired) electrons. The normalized spacial score (nSPS) is 28.3. The molecule has 1 heteroatoms. The van der Waals surface area contributed by atoms with E-state index in [0.717, 1.165) is 23.7 Å². The molecule has 16 heavy (non-hydrogen) atoms. The van der Waals surface area contributed by atoms with Gasteiger partial charge in [-0.05, 0) is 49.6 Å². The van der Waals surface area contributed by atoms with E-state index in [-0.39, 0.29) is 0 Å². The van der Waals surface area contributed by atoms with E-state index in [9.17, 15) is 0 Å². The molecular weight excluding hydrogens is 194 g/mol. The summed E-state index contributed by atoms with van der Waals surface area (Å²) in [5.74, 6) is 3.68. The Labute approximate surface area is 102 Å². The van der Waals surface area contributed by atoms with Crippen molar-refractivity contribution < 1.29 is 0 Å². The lowest BCUT2D eigenvalue weighted by molar-refractivity contribution is 0.206. The molecule has 1 aliphatic carbocycles. The monoisotopic (exact) mass is 225 g/mol. The van der Waals surface area contributed by atoms with Gasteiger partial charge >= 0.3 is 0 Å². The average Bonchev–Trinajstić information content (AvgIpc) is 2.24. The second-order valence-electron chi connectivity index (χ2n) is 6.40. The summed E-state index contributed by atoms with van der Waals surface area (Å²) in [6.07, 6.45) is 7.26. The van der Waals surface area contributed by atoms with Gasteiger partial charge in [-0.1, -0.05) is 47.0 Å². The smallest absolute Gasteiger partial charge is 0.00258 e. The van der Waals surface area contributed by atoms with Crippen LogP contribution in [-0.2, 0) is 0 Å². The summed E-state index contributed by atoms with van der Waals surface area (Å²) in [7, 11) is 0. The Morgan fingerprint density at radius 1 is 1.19 bits per heavy atom.